The van der Waals surface area contributed by atoms with Crippen molar-refractivity contribution < 1.29 is 4.79 Å². The van der Waals surface area contributed by atoms with Crippen LogP contribution in [0.3, 0.4) is 0 Å². The number of nitrogens with one attached hydrogen (secondary N) is 2. The standard InChI is InChI=1S/C18H22N2O.ClH/c21-18(17-7-3-4-11-19-17)20-12-10-14-8-9-15-5-1-2-6-16(15)13-14;/h1-2,5-6,8-9,13,17,19H,3-4,7,10-12H2,(H,20,21);1H. The number of halogens is 1. The molecule has 0 saturated carbocycles. The number of benzene rings is 2. The van der Waals surface area contributed by atoms with Gasteiger partial charge in [0.1, 0.15) is 0 Å². The van der Waals surface area contributed by atoms with Crippen LogP contribution in [0.2, 0.25) is 0 Å². The molecule has 22 heavy (non-hydrogen) atoms. The first-order chi connectivity index (χ1) is 10.3. The molecule has 0 aliphatic carbocycles. The Labute approximate surface area is 137 Å². The predicted octanol–water partition coefficient (Wildman–Crippen LogP) is 3.06. The SMILES string of the molecule is Cl.O=C(NCCc1ccc2ccccc2c1)C1CCCCN1. The van der Waals surface area contributed by atoms with Crippen molar-refractivity contribution in [3.8, 4) is 0 Å². The second kappa shape index (κ2) is 8.16. The third-order valence-electron chi connectivity index (χ3n) is 4.15. The molecule has 1 saturated heterocycles. The normalized spacial score (nSPS) is 17.7. The molecule has 0 bridgehead atoms. The summed E-state index contributed by atoms with van der Waals surface area (Å²) in [5.41, 5.74) is 1.27. The first-order valence-corrected chi connectivity index (χ1v) is 7.82. The molecular weight excluding hydrogens is 296 g/mol. The van der Waals surface area contributed by atoms with E-state index in [-0.39, 0.29) is 24.4 Å². The van der Waals surface area contributed by atoms with Crippen LogP contribution >= 0.6 is 12.4 Å². The van der Waals surface area contributed by atoms with Gasteiger partial charge < -0.3 is 10.6 Å². The van der Waals surface area contributed by atoms with Crippen LogP contribution in [0.5, 0.6) is 0 Å². The van der Waals surface area contributed by atoms with Gasteiger partial charge in [-0.25, -0.2) is 0 Å². The number of rotatable bonds is 4. The van der Waals surface area contributed by atoms with Crippen LogP contribution in [0.1, 0.15) is 24.8 Å². The van der Waals surface area contributed by atoms with Crippen LogP contribution in [0.15, 0.2) is 42.5 Å². The Morgan fingerprint density at radius 3 is 2.73 bits per heavy atom. The Morgan fingerprint density at radius 1 is 1.14 bits per heavy atom. The van der Waals surface area contributed by atoms with Crippen LogP contribution < -0.4 is 10.6 Å². The molecule has 1 aliphatic heterocycles. The van der Waals surface area contributed by atoms with Gasteiger partial charge >= 0.3 is 0 Å². The van der Waals surface area contributed by atoms with E-state index < -0.39 is 0 Å². The first kappa shape index (κ1) is 16.8. The summed E-state index contributed by atoms with van der Waals surface area (Å²) in [4.78, 5) is 12.0. The minimum absolute atomic E-state index is 0. The van der Waals surface area contributed by atoms with Crippen molar-refractivity contribution in [3.05, 3.63) is 48.0 Å². The summed E-state index contributed by atoms with van der Waals surface area (Å²) in [7, 11) is 0. The number of carbonyl (C=O) groups excluding carboxylic acids is 1. The van der Waals surface area contributed by atoms with Gasteiger partial charge in [0.05, 0.1) is 6.04 Å². The maximum Gasteiger partial charge on any atom is 0.237 e. The molecule has 2 N–H and O–H groups in total. The van der Waals surface area contributed by atoms with E-state index in [0.717, 1.165) is 25.8 Å². The summed E-state index contributed by atoms with van der Waals surface area (Å²) in [5, 5.41) is 8.85. The van der Waals surface area contributed by atoms with Crippen LogP contribution in [0.4, 0.5) is 0 Å². The summed E-state index contributed by atoms with van der Waals surface area (Å²) < 4.78 is 0. The fraction of sp³-hybridized carbons (Fsp3) is 0.389. The fourth-order valence-electron chi connectivity index (χ4n) is 2.92. The number of hydrogen-bond donors (Lipinski definition) is 2. The second-order valence-corrected chi connectivity index (χ2v) is 5.73. The van der Waals surface area contributed by atoms with Crippen molar-refractivity contribution in [2.45, 2.75) is 31.7 Å². The van der Waals surface area contributed by atoms with E-state index in [1.165, 1.54) is 22.8 Å². The first-order valence-electron chi connectivity index (χ1n) is 7.82. The largest absolute Gasteiger partial charge is 0.354 e. The molecule has 1 atom stereocenters. The van der Waals surface area contributed by atoms with Crippen molar-refractivity contribution in [2.24, 2.45) is 0 Å². The Bertz CT molecular complexity index is 623. The third-order valence-corrected chi connectivity index (χ3v) is 4.15. The molecule has 1 fully saturated rings. The van der Waals surface area contributed by atoms with Gasteiger partial charge in [-0.05, 0) is 42.1 Å². The molecule has 3 rings (SSSR count). The van der Waals surface area contributed by atoms with E-state index in [0.29, 0.717) is 6.54 Å². The average molecular weight is 319 g/mol. The Morgan fingerprint density at radius 2 is 1.95 bits per heavy atom. The lowest BCUT2D eigenvalue weighted by Crippen LogP contribution is -2.47. The van der Waals surface area contributed by atoms with Gasteiger partial charge in [0.25, 0.3) is 0 Å². The minimum Gasteiger partial charge on any atom is -0.354 e. The number of carbonyl (C=O) groups is 1. The third kappa shape index (κ3) is 4.21. The quantitative estimate of drug-likeness (QED) is 0.909. The molecule has 1 amide bonds. The summed E-state index contributed by atoms with van der Waals surface area (Å²) in [5.74, 6) is 0.149. The maximum atomic E-state index is 12.0. The molecule has 118 valence electrons. The van der Waals surface area contributed by atoms with Crippen molar-refractivity contribution in [1.82, 2.24) is 10.6 Å². The van der Waals surface area contributed by atoms with E-state index in [9.17, 15) is 4.79 Å². The van der Waals surface area contributed by atoms with Gasteiger partial charge in [0.2, 0.25) is 5.91 Å². The highest BCUT2D eigenvalue weighted by Gasteiger charge is 2.19. The maximum absolute atomic E-state index is 12.0. The number of fused-ring (bicyclic) bond motifs is 1. The topological polar surface area (TPSA) is 41.1 Å². The molecule has 1 heterocycles. The molecule has 0 spiro atoms. The van der Waals surface area contributed by atoms with Crippen molar-refractivity contribution in [3.63, 3.8) is 0 Å². The number of piperidine rings is 1. The summed E-state index contributed by atoms with van der Waals surface area (Å²) in [6.45, 7) is 1.66. The average Bonchev–Trinajstić information content (AvgIpc) is 2.55. The van der Waals surface area contributed by atoms with Crippen molar-refractivity contribution >= 4 is 29.1 Å². The molecule has 1 aliphatic rings. The second-order valence-electron chi connectivity index (χ2n) is 5.73. The zero-order chi connectivity index (χ0) is 14.5. The molecule has 4 heteroatoms. The summed E-state index contributed by atoms with van der Waals surface area (Å²) in [6, 6.07) is 14.9. The van der Waals surface area contributed by atoms with E-state index in [2.05, 4.69) is 53.1 Å². The smallest absolute Gasteiger partial charge is 0.237 e. The van der Waals surface area contributed by atoms with Gasteiger partial charge in [0, 0.05) is 6.54 Å². The molecular formula is C18H23ClN2O. The van der Waals surface area contributed by atoms with Gasteiger partial charge in [-0.2, -0.15) is 0 Å². The summed E-state index contributed by atoms with van der Waals surface area (Å²) >= 11 is 0. The molecule has 1 unspecified atom stereocenters. The Balaban J connectivity index is 0.00000176. The van der Waals surface area contributed by atoms with Gasteiger partial charge in [-0.15, -0.1) is 12.4 Å². The van der Waals surface area contributed by atoms with Gasteiger partial charge in [-0.3, -0.25) is 4.79 Å². The van der Waals surface area contributed by atoms with E-state index in [1.54, 1.807) is 0 Å². The predicted molar refractivity (Wildman–Crippen MR) is 93.6 cm³/mol. The highest BCUT2D eigenvalue weighted by atomic mass is 35.5. The monoisotopic (exact) mass is 318 g/mol. The van der Waals surface area contributed by atoms with Gasteiger partial charge in [0.15, 0.2) is 0 Å². The minimum atomic E-state index is 0. The van der Waals surface area contributed by atoms with E-state index >= 15 is 0 Å². The van der Waals surface area contributed by atoms with Crippen LogP contribution in [0.25, 0.3) is 10.8 Å². The lowest BCUT2D eigenvalue weighted by molar-refractivity contribution is -0.123. The molecule has 2 aromatic rings. The van der Waals surface area contributed by atoms with Crippen molar-refractivity contribution in [1.29, 1.82) is 0 Å². The lowest BCUT2D eigenvalue weighted by Gasteiger charge is -2.22. The fourth-order valence-corrected chi connectivity index (χ4v) is 2.92. The molecule has 0 aromatic heterocycles. The van der Waals surface area contributed by atoms with E-state index in [4.69, 9.17) is 0 Å². The number of amides is 1. The van der Waals surface area contributed by atoms with Crippen LogP contribution in [-0.4, -0.2) is 25.0 Å². The summed E-state index contributed by atoms with van der Waals surface area (Å²) in [6.07, 6.45) is 4.17. The molecule has 0 radical (unpaired) electrons. The zero-order valence-corrected chi connectivity index (χ0v) is 13.5. The van der Waals surface area contributed by atoms with Crippen molar-refractivity contribution in [2.75, 3.05) is 13.1 Å². The Kier molecular flexibility index (Phi) is 6.22. The van der Waals surface area contributed by atoms with Gasteiger partial charge in [-0.1, -0.05) is 48.9 Å². The highest BCUT2D eigenvalue weighted by molar-refractivity contribution is 5.85. The zero-order valence-electron chi connectivity index (χ0n) is 12.7. The van der Waals surface area contributed by atoms with Crippen LogP contribution in [-0.2, 0) is 11.2 Å². The molecule has 2 aromatic carbocycles. The number of hydrogen-bond acceptors (Lipinski definition) is 2. The van der Waals surface area contributed by atoms with E-state index in [1.807, 2.05) is 0 Å². The Hall–Kier alpha value is -1.58. The molecule has 3 nitrogen and oxygen atoms in total. The lowest BCUT2D eigenvalue weighted by atomic mass is 10.0. The highest BCUT2D eigenvalue weighted by Crippen LogP contribution is 2.15. The van der Waals surface area contributed by atoms with Crippen LogP contribution in [0, 0.1) is 0 Å².